The van der Waals surface area contributed by atoms with Gasteiger partial charge in [-0.2, -0.15) is 0 Å². The van der Waals surface area contributed by atoms with Crippen molar-refractivity contribution in [3.63, 3.8) is 0 Å². The van der Waals surface area contributed by atoms with Gasteiger partial charge in [-0.05, 0) is 93.2 Å². The van der Waals surface area contributed by atoms with E-state index >= 15 is 0 Å². The molecule has 0 aromatic heterocycles. The SMILES string of the molecule is CCCCCCCCCCCC(=O)O[C@H]1CC(C)=C(/C=C/C(C)=C/C=C/C(C)=C/C=C/C=C(C)/C=C/C=C(C)/C=C/C2=C(C)C[C@H](OC(=O)CCCCCCCCCCC)C(=O)C2(C)C)C(C)(C)C1=O. The highest BCUT2D eigenvalue weighted by molar-refractivity contribution is 5.95. The van der Waals surface area contributed by atoms with Crippen molar-refractivity contribution in [1.29, 1.82) is 0 Å². The van der Waals surface area contributed by atoms with E-state index in [0.717, 1.165) is 83.1 Å². The smallest absolute Gasteiger partial charge is 0.306 e. The average molecular weight is 961 g/mol. The second-order valence-corrected chi connectivity index (χ2v) is 21.3. The van der Waals surface area contributed by atoms with E-state index in [-0.39, 0.29) is 23.5 Å². The summed E-state index contributed by atoms with van der Waals surface area (Å²) in [7, 11) is 0. The number of hydrogen-bond acceptors (Lipinski definition) is 6. The minimum atomic E-state index is -0.745. The molecule has 0 aliphatic heterocycles. The number of ketones is 2. The normalized spacial score (nSPS) is 19.7. The molecule has 6 nitrogen and oxygen atoms in total. The fourth-order valence-corrected chi connectivity index (χ4v) is 9.36. The molecule has 0 radical (unpaired) electrons. The summed E-state index contributed by atoms with van der Waals surface area (Å²) in [4.78, 5) is 52.4. The van der Waals surface area contributed by atoms with Gasteiger partial charge in [-0.1, -0.05) is 235 Å². The summed E-state index contributed by atoms with van der Waals surface area (Å²) < 4.78 is 11.5. The van der Waals surface area contributed by atoms with Gasteiger partial charge in [0.2, 0.25) is 0 Å². The highest BCUT2D eigenvalue weighted by atomic mass is 16.6. The van der Waals surface area contributed by atoms with Crippen molar-refractivity contribution in [3.8, 4) is 0 Å². The number of carbonyl (C=O) groups is 4. The molecule has 0 heterocycles. The predicted octanol–water partition coefficient (Wildman–Crippen LogP) is 17.8. The molecule has 0 N–H and O–H groups in total. The Labute approximate surface area is 427 Å². The Kier molecular flexibility index (Phi) is 29.8. The molecule has 0 amide bonds. The summed E-state index contributed by atoms with van der Waals surface area (Å²) in [6.45, 7) is 24.5. The van der Waals surface area contributed by atoms with Gasteiger partial charge in [0.05, 0.1) is 10.8 Å². The topological polar surface area (TPSA) is 86.7 Å². The van der Waals surface area contributed by atoms with Gasteiger partial charge in [-0.3, -0.25) is 19.2 Å². The van der Waals surface area contributed by atoms with Gasteiger partial charge in [-0.15, -0.1) is 0 Å². The molecule has 70 heavy (non-hydrogen) atoms. The van der Waals surface area contributed by atoms with Gasteiger partial charge in [0.25, 0.3) is 0 Å². The van der Waals surface area contributed by atoms with Crippen LogP contribution in [0.1, 0.15) is 224 Å². The number of Topliss-reactive ketones (excluding diaryl/α,β-unsaturated/α-hetero) is 2. The van der Waals surface area contributed by atoms with Gasteiger partial charge < -0.3 is 9.47 Å². The van der Waals surface area contributed by atoms with Gasteiger partial charge >= 0.3 is 11.9 Å². The van der Waals surface area contributed by atoms with Crippen LogP contribution in [0.2, 0.25) is 0 Å². The lowest BCUT2D eigenvalue weighted by Gasteiger charge is -2.35. The Bertz CT molecular complexity index is 1880. The van der Waals surface area contributed by atoms with Crippen LogP contribution in [-0.2, 0) is 28.7 Å². The van der Waals surface area contributed by atoms with Gasteiger partial charge in [0, 0.05) is 25.7 Å². The summed E-state index contributed by atoms with van der Waals surface area (Å²) in [6, 6.07) is 0. The van der Waals surface area contributed by atoms with E-state index in [4.69, 9.17) is 9.47 Å². The maximum atomic E-state index is 13.5. The summed E-state index contributed by atoms with van der Waals surface area (Å²) in [5, 5.41) is 0. The summed E-state index contributed by atoms with van der Waals surface area (Å²) >= 11 is 0. The number of carbonyl (C=O) groups excluding carboxylic acids is 4. The molecule has 0 bridgehead atoms. The van der Waals surface area contributed by atoms with Crippen molar-refractivity contribution in [2.45, 2.75) is 237 Å². The number of allylic oxidation sites excluding steroid dienone is 20. The second-order valence-electron chi connectivity index (χ2n) is 21.3. The van der Waals surface area contributed by atoms with Crippen LogP contribution in [0, 0.1) is 10.8 Å². The lowest BCUT2D eigenvalue weighted by molar-refractivity contribution is -0.158. The minimum Gasteiger partial charge on any atom is -0.454 e. The molecule has 388 valence electrons. The number of unbranched alkanes of at least 4 members (excludes halogenated alkanes) is 16. The summed E-state index contributed by atoms with van der Waals surface area (Å²) in [5.41, 5.74) is 7.00. The van der Waals surface area contributed by atoms with Gasteiger partial charge in [0.15, 0.2) is 23.8 Å². The van der Waals surface area contributed by atoms with Crippen LogP contribution in [0.3, 0.4) is 0 Å². The predicted molar refractivity (Wildman–Crippen MR) is 296 cm³/mol. The molecule has 2 rings (SSSR count). The fraction of sp³-hybridized carbons (Fsp3) is 0.594. The molecular weight excluding hydrogens is 865 g/mol. The van der Waals surface area contributed by atoms with Gasteiger partial charge in [-0.25, -0.2) is 0 Å². The van der Waals surface area contributed by atoms with E-state index in [1.54, 1.807) is 0 Å². The molecule has 0 spiro atoms. The first kappa shape index (κ1) is 61.5. The average Bonchev–Trinajstić information content (AvgIpc) is 3.30. The molecule has 0 fully saturated rings. The first-order valence-electron chi connectivity index (χ1n) is 27.3. The van der Waals surface area contributed by atoms with Crippen molar-refractivity contribution in [2.24, 2.45) is 10.8 Å². The molecule has 0 aromatic carbocycles. The zero-order valence-corrected chi connectivity index (χ0v) is 46.2. The third kappa shape index (κ3) is 23.6. The quantitative estimate of drug-likeness (QED) is 0.0379. The first-order valence-corrected chi connectivity index (χ1v) is 27.3. The second kappa shape index (κ2) is 33.9. The Balaban J connectivity index is 1.86. The highest BCUT2D eigenvalue weighted by Crippen LogP contribution is 2.41. The molecule has 2 atom stereocenters. The zero-order valence-electron chi connectivity index (χ0n) is 46.2. The Morgan fingerprint density at radius 3 is 1.07 bits per heavy atom. The van der Waals surface area contributed by atoms with E-state index in [2.05, 4.69) is 76.3 Å². The van der Waals surface area contributed by atoms with Crippen LogP contribution in [0.25, 0.3) is 0 Å². The van der Waals surface area contributed by atoms with Crippen molar-refractivity contribution < 1.29 is 28.7 Å². The van der Waals surface area contributed by atoms with Crippen LogP contribution < -0.4 is 0 Å². The van der Waals surface area contributed by atoms with E-state index < -0.39 is 23.0 Å². The van der Waals surface area contributed by atoms with Crippen molar-refractivity contribution >= 4 is 23.5 Å². The number of rotatable bonds is 32. The molecular formula is C64H96O6. The Morgan fingerprint density at radius 2 is 0.743 bits per heavy atom. The van der Waals surface area contributed by atoms with Crippen molar-refractivity contribution in [1.82, 2.24) is 0 Å². The highest BCUT2D eigenvalue weighted by Gasteiger charge is 2.44. The van der Waals surface area contributed by atoms with E-state index in [9.17, 15) is 19.2 Å². The van der Waals surface area contributed by atoms with E-state index in [0.29, 0.717) is 25.7 Å². The lowest BCUT2D eigenvalue weighted by Crippen LogP contribution is -2.42. The first-order chi connectivity index (χ1) is 33.3. The Hall–Kier alpha value is -4.58. The lowest BCUT2D eigenvalue weighted by atomic mass is 9.70. The largest absolute Gasteiger partial charge is 0.454 e. The maximum Gasteiger partial charge on any atom is 0.306 e. The van der Waals surface area contributed by atoms with Crippen LogP contribution >= 0.6 is 0 Å². The van der Waals surface area contributed by atoms with Gasteiger partial charge in [0.1, 0.15) is 0 Å². The molecule has 2 aliphatic rings. The third-order valence-electron chi connectivity index (χ3n) is 13.9. The standard InChI is InChI=1S/C64H96O6/c1-13-15-17-19-21-23-25-27-29-41-59(65)69-57-47-53(7)55(63(9,10)61(57)67)45-43-51(5)39-33-37-49(3)35-31-32-36-50(4)38-34-40-52(6)44-46-56-54(8)48-58(62(68)64(56,11)12)70-60(66)42-30-28-26-24-22-20-18-16-14-2/h31-40,43-46,57-58H,13-30,41-42,47-48H2,1-12H3/b32-31+,37-33+,38-34+,45-43+,46-44+,49-35+,50-36+,51-39+,52-40+/t57-,58-/m0/s1. The molecule has 2 aliphatic carbocycles. The summed E-state index contributed by atoms with van der Waals surface area (Å²) in [6.07, 6.45) is 50.3. The number of esters is 2. The van der Waals surface area contributed by atoms with Crippen LogP contribution in [0.5, 0.6) is 0 Å². The molecule has 0 aromatic rings. The molecule has 0 unspecified atom stereocenters. The fourth-order valence-electron chi connectivity index (χ4n) is 9.36. The molecule has 0 saturated heterocycles. The van der Waals surface area contributed by atoms with Crippen molar-refractivity contribution in [3.05, 3.63) is 130 Å². The third-order valence-corrected chi connectivity index (χ3v) is 13.9. The van der Waals surface area contributed by atoms with E-state index in [1.807, 2.05) is 91.8 Å². The minimum absolute atomic E-state index is 0.0338. The van der Waals surface area contributed by atoms with Crippen LogP contribution in [0.15, 0.2) is 130 Å². The molecule has 6 heteroatoms. The monoisotopic (exact) mass is 961 g/mol. The zero-order chi connectivity index (χ0) is 52.0. The van der Waals surface area contributed by atoms with E-state index in [1.165, 1.54) is 77.0 Å². The van der Waals surface area contributed by atoms with Crippen molar-refractivity contribution in [2.75, 3.05) is 0 Å². The Morgan fingerprint density at radius 1 is 0.457 bits per heavy atom. The van der Waals surface area contributed by atoms with Crippen LogP contribution in [-0.4, -0.2) is 35.7 Å². The number of ether oxygens (including phenoxy) is 2. The summed E-state index contributed by atoms with van der Waals surface area (Å²) in [5.74, 6) is -0.590. The maximum absolute atomic E-state index is 13.5. The molecule has 0 saturated carbocycles. The van der Waals surface area contributed by atoms with Crippen LogP contribution in [0.4, 0.5) is 0 Å². The number of hydrogen-bond donors (Lipinski definition) is 0.